The summed E-state index contributed by atoms with van der Waals surface area (Å²) in [7, 11) is 4.05. The fraction of sp³-hybridized carbons (Fsp3) is 0.278. The van der Waals surface area contributed by atoms with Crippen LogP contribution in [0.25, 0.3) is 0 Å². The normalized spacial score (nSPS) is 10.2. The molecule has 0 saturated carbocycles. The molecule has 0 atom stereocenters. The van der Waals surface area contributed by atoms with E-state index in [1.807, 2.05) is 45.3 Å². The SMILES string of the molecule is Cc1cccc(C(=O)NCCc2ccc(N(C)C)cc2)c1. The molecule has 0 aliphatic heterocycles. The van der Waals surface area contributed by atoms with Gasteiger partial charge in [0.2, 0.25) is 0 Å². The van der Waals surface area contributed by atoms with Gasteiger partial charge in [-0.1, -0.05) is 29.8 Å². The van der Waals surface area contributed by atoms with E-state index in [-0.39, 0.29) is 5.91 Å². The quantitative estimate of drug-likeness (QED) is 0.914. The Balaban J connectivity index is 1.85. The lowest BCUT2D eigenvalue weighted by atomic mass is 10.1. The molecule has 0 saturated heterocycles. The van der Waals surface area contributed by atoms with Gasteiger partial charge >= 0.3 is 0 Å². The van der Waals surface area contributed by atoms with Crippen LogP contribution in [0, 0.1) is 6.92 Å². The predicted octanol–water partition coefficient (Wildman–Crippen LogP) is 3.03. The summed E-state index contributed by atoms with van der Waals surface area (Å²) in [6.45, 7) is 2.64. The molecule has 2 aromatic rings. The monoisotopic (exact) mass is 282 g/mol. The average molecular weight is 282 g/mol. The molecule has 0 heterocycles. The van der Waals surface area contributed by atoms with Crippen molar-refractivity contribution in [3.8, 4) is 0 Å². The van der Waals surface area contributed by atoms with Crippen molar-refractivity contribution in [2.75, 3.05) is 25.5 Å². The number of carbonyl (C=O) groups excluding carboxylic acids is 1. The highest BCUT2D eigenvalue weighted by Crippen LogP contribution is 2.12. The molecular formula is C18H22N2O. The van der Waals surface area contributed by atoms with E-state index in [0.717, 1.165) is 17.5 Å². The second-order valence-corrected chi connectivity index (χ2v) is 5.44. The summed E-state index contributed by atoms with van der Waals surface area (Å²) in [5, 5.41) is 2.96. The van der Waals surface area contributed by atoms with Crippen LogP contribution in [-0.2, 0) is 6.42 Å². The number of nitrogens with one attached hydrogen (secondary N) is 1. The van der Waals surface area contributed by atoms with Crippen molar-refractivity contribution in [3.05, 3.63) is 65.2 Å². The molecule has 2 rings (SSSR count). The van der Waals surface area contributed by atoms with Gasteiger partial charge in [0.15, 0.2) is 0 Å². The molecule has 0 fully saturated rings. The molecule has 110 valence electrons. The second-order valence-electron chi connectivity index (χ2n) is 5.44. The number of rotatable bonds is 5. The number of carbonyl (C=O) groups is 1. The maximum absolute atomic E-state index is 12.0. The molecule has 0 aliphatic rings. The van der Waals surface area contributed by atoms with Crippen molar-refractivity contribution >= 4 is 11.6 Å². The van der Waals surface area contributed by atoms with Crippen LogP contribution >= 0.6 is 0 Å². The number of aryl methyl sites for hydroxylation is 1. The topological polar surface area (TPSA) is 32.3 Å². The van der Waals surface area contributed by atoms with E-state index >= 15 is 0 Å². The number of hydrogen-bond acceptors (Lipinski definition) is 2. The summed E-state index contributed by atoms with van der Waals surface area (Å²) in [6.07, 6.45) is 0.839. The lowest BCUT2D eigenvalue weighted by molar-refractivity contribution is 0.0954. The van der Waals surface area contributed by atoms with Gasteiger partial charge in [-0.3, -0.25) is 4.79 Å². The molecule has 1 N–H and O–H groups in total. The minimum absolute atomic E-state index is 0.0105. The van der Waals surface area contributed by atoms with Crippen molar-refractivity contribution in [1.82, 2.24) is 5.32 Å². The largest absolute Gasteiger partial charge is 0.378 e. The van der Waals surface area contributed by atoms with Crippen molar-refractivity contribution < 1.29 is 4.79 Å². The highest BCUT2D eigenvalue weighted by Gasteiger charge is 2.04. The van der Waals surface area contributed by atoms with Gasteiger partial charge in [-0.25, -0.2) is 0 Å². The molecule has 21 heavy (non-hydrogen) atoms. The summed E-state index contributed by atoms with van der Waals surface area (Å²) in [5.41, 5.74) is 4.23. The maximum Gasteiger partial charge on any atom is 0.251 e. The number of amides is 1. The molecule has 3 nitrogen and oxygen atoms in total. The van der Waals surface area contributed by atoms with Crippen LogP contribution in [0.4, 0.5) is 5.69 Å². The minimum atomic E-state index is -0.0105. The van der Waals surface area contributed by atoms with Crippen molar-refractivity contribution in [2.24, 2.45) is 0 Å². The lowest BCUT2D eigenvalue weighted by Gasteiger charge is -2.12. The molecule has 0 spiro atoms. The first-order chi connectivity index (χ1) is 10.1. The fourth-order valence-corrected chi connectivity index (χ4v) is 2.17. The van der Waals surface area contributed by atoms with E-state index in [1.54, 1.807) is 0 Å². The molecule has 0 aliphatic carbocycles. The van der Waals surface area contributed by atoms with Crippen LogP contribution in [-0.4, -0.2) is 26.5 Å². The van der Waals surface area contributed by atoms with Gasteiger partial charge in [-0.2, -0.15) is 0 Å². The standard InChI is InChI=1S/C18H22N2O/c1-14-5-4-6-16(13-14)18(21)19-12-11-15-7-9-17(10-8-15)20(2)3/h4-10,13H,11-12H2,1-3H3,(H,19,21). The Labute approximate surface area is 126 Å². The van der Waals surface area contributed by atoms with E-state index in [4.69, 9.17) is 0 Å². The first-order valence-electron chi connectivity index (χ1n) is 7.17. The van der Waals surface area contributed by atoms with Crippen molar-refractivity contribution in [1.29, 1.82) is 0 Å². The van der Waals surface area contributed by atoms with E-state index in [9.17, 15) is 4.79 Å². The molecule has 2 aromatic carbocycles. The van der Waals surface area contributed by atoms with Gasteiger partial charge in [-0.05, 0) is 43.2 Å². The smallest absolute Gasteiger partial charge is 0.251 e. The Kier molecular flexibility index (Phi) is 4.99. The summed E-state index contributed by atoms with van der Waals surface area (Å²) in [5.74, 6) is -0.0105. The average Bonchev–Trinajstić information content (AvgIpc) is 2.47. The summed E-state index contributed by atoms with van der Waals surface area (Å²) >= 11 is 0. The Bertz CT molecular complexity index is 603. The highest BCUT2D eigenvalue weighted by atomic mass is 16.1. The number of benzene rings is 2. The van der Waals surface area contributed by atoms with Gasteiger partial charge in [0, 0.05) is 31.9 Å². The summed E-state index contributed by atoms with van der Waals surface area (Å²) in [6, 6.07) is 16.0. The summed E-state index contributed by atoms with van der Waals surface area (Å²) in [4.78, 5) is 14.1. The van der Waals surface area contributed by atoms with Gasteiger partial charge in [0.1, 0.15) is 0 Å². The maximum atomic E-state index is 12.0. The highest BCUT2D eigenvalue weighted by molar-refractivity contribution is 5.94. The molecule has 0 aromatic heterocycles. The second kappa shape index (κ2) is 6.93. The third-order valence-corrected chi connectivity index (χ3v) is 3.43. The van der Waals surface area contributed by atoms with E-state index in [0.29, 0.717) is 6.54 Å². The van der Waals surface area contributed by atoms with Crippen molar-refractivity contribution in [3.63, 3.8) is 0 Å². The van der Waals surface area contributed by atoms with Gasteiger partial charge < -0.3 is 10.2 Å². The van der Waals surface area contributed by atoms with Crippen LogP contribution in [0.15, 0.2) is 48.5 Å². The van der Waals surface area contributed by atoms with Gasteiger partial charge in [0.25, 0.3) is 5.91 Å². The van der Waals surface area contributed by atoms with Gasteiger partial charge in [-0.15, -0.1) is 0 Å². The van der Waals surface area contributed by atoms with Crippen LogP contribution in [0.5, 0.6) is 0 Å². The predicted molar refractivity (Wildman–Crippen MR) is 88.0 cm³/mol. The van der Waals surface area contributed by atoms with E-state index in [2.05, 4.69) is 34.5 Å². The van der Waals surface area contributed by atoms with E-state index in [1.165, 1.54) is 11.3 Å². The van der Waals surface area contributed by atoms with Crippen LogP contribution in [0.3, 0.4) is 0 Å². The summed E-state index contributed by atoms with van der Waals surface area (Å²) < 4.78 is 0. The molecular weight excluding hydrogens is 260 g/mol. The van der Waals surface area contributed by atoms with Crippen LogP contribution in [0.1, 0.15) is 21.5 Å². The van der Waals surface area contributed by atoms with Gasteiger partial charge in [0.05, 0.1) is 0 Å². The third kappa shape index (κ3) is 4.35. The van der Waals surface area contributed by atoms with Crippen LogP contribution < -0.4 is 10.2 Å². The Morgan fingerprint density at radius 3 is 2.43 bits per heavy atom. The molecule has 0 unspecified atom stereocenters. The number of hydrogen-bond donors (Lipinski definition) is 1. The molecule has 0 bridgehead atoms. The first-order valence-corrected chi connectivity index (χ1v) is 7.17. The molecule has 0 radical (unpaired) electrons. The Hall–Kier alpha value is -2.29. The zero-order chi connectivity index (χ0) is 15.2. The lowest BCUT2D eigenvalue weighted by Crippen LogP contribution is -2.25. The van der Waals surface area contributed by atoms with Crippen LogP contribution in [0.2, 0.25) is 0 Å². The van der Waals surface area contributed by atoms with Crippen molar-refractivity contribution in [2.45, 2.75) is 13.3 Å². The minimum Gasteiger partial charge on any atom is -0.378 e. The Morgan fingerprint density at radius 2 is 1.81 bits per heavy atom. The zero-order valence-corrected chi connectivity index (χ0v) is 12.9. The Morgan fingerprint density at radius 1 is 1.10 bits per heavy atom. The fourth-order valence-electron chi connectivity index (χ4n) is 2.17. The molecule has 1 amide bonds. The zero-order valence-electron chi connectivity index (χ0n) is 12.9. The van der Waals surface area contributed by atoms with E-state index < -0.39 is 0 Å². The number of nitrogens with zero attached hydrogens (tertiary/aromatic N) is 1. The third-order valence-electron chi connectivity index (χ3n) is 3.43. The molecule has 3 heteroatoms. The first kappa shape index (κ1) is 15.1. The number of anilines is 1.